The number of nitrogens with one attached hydrogen (secondary N) is 1. The van der Waals surface area contributed by atoms with E-state index >= 15 is 0 Å². The molecule has 29 heavy (non-hydrogen) atoms. The maximum Gasteiger partial charge on any atom is 0.242 e. The van der Waals surface area contributed by atoms with Crippen LogP contribution in [0.1, 0.15) is 18.4 Å². The van der Waals surface area contributed by atoms with Crippen molar-refractivity contribution in [1.82, 2.24) is 14.9 Å². The highest BCUT2D eigenvalue weighted by atomic mass is 35.5. The fraction of sp³-hybridized carbons (Fsp3) is 0.211. The van der Waals surface area contributed by atoms with Crippen LogP contribution >= 0.6 is 11.6 Å². The van der Waals surface area contributed by atoms with Crippen molar-refractivity contribution in [2.75, 3.05) is 11.4 Å². The number of carbonyl (C=O) groups is 1. The lowest BCUT2D eigenvalue weighted by molar-refractivity contribution is -0.116. The predicted molar refractivity (Wildman–Crippen MR) is 107 cm³/mol. The van der Waals surface area contributed by atoms with Crippen molar-refractivity contribution in [1.29, 1.82) is 0 Å². The number of aromatic nitrogens is 2. The number of sulfonamides is 1. The van der Waals surface area contributed by atoms with E-state index in [4.69, 9.17) is 16.1 Å². The Morgan fingerprint density at radius 2 is 2.10 bits per heavy atom. The van der Waals surface area contributed by atoms with Gasteiger partial charge in [0.05, 0.1) is 11.4 Å². The summed E-state index contributed by atoms with van der Waals surface area (Å²) in [6.45, 7) is 1.89. The molecule has 10 heteroatoms. The standard InChI is InChI=1S/C19H17ClN4O4S/c1-12(25)24-8-7-13-10-16(5-6-17(13)24)29(26,27)21-11-18-22-19(23-28-18)14-3-2-4-15(20)9-14/h2-6,9-10,21H,7-8,11H2,1H3. The molecule has 0 radical (unpaired) electrons. The summed E-state index contributed by atoms with van der Waals surface area (Å²) in [6.07, 6.45) is 0.616. The maximum absolute atomic E-state index is 12.6. The topological polar surface area (TPSA) is 105 Å². The molecule has 2 aromatic carbocycles. The Morgan fingerprint density at radius 3 is 2.86 bits per heavy atom. The molecular weight excluding hydrogens is 416 g/mol. The second-order valence-electron chi connectivity index (χ2n) is 6.56. The Balaban J connectivity index is 1.48. The zero-order valence-electron chi connectivity index (χ0n) is 15.4. The van der Waals surface area contributed by atoms with Crippen molar-refractivity contribution in [3.8, 4) is 11.4 Å². The third-order valence-corrected chi connectivity index (χ3v) is 6.24. The van der Waals surface area contributed by atoms with E-state index < -0.39 is 10.0 Å². The molecule has 0 aliphatic carbocycles. The van der Waals surface area contributed by atoms with Gasteiger partial charge in [-0.25, -0.2) is 13.1 Å². The Labute approximate surface area is 172 Å². The van der Waals surface area contributed by atoms with Crippen LogP contribution in [0.25, 0.3) is 11.4 Å². The summed E-state index contributed by atoms with van der Waals surface area (Å²) in [5.74, 6) is 0.389. The third kappa shape index (κ3) is 4.02. The molecule has 0 saturated carbocycles. The van der Waals surface area contributed by atoms with Crippen LogP contribution in [0.5, 0.6) is 0 Å². The fourth-order valence-corrected chi connectivity index (χ4v) is 4.40. The molecule has 3 aromatic rings. The molecule has 1 aliphatic rings. The maximum atomic E-state index is 12.6. The molecule has 0 spiro atoms. The minimum atomic E-state index is -3.78. The van der Waals surface area contributed by atoms with Crippen LogP contribution in [-0.2, 0) is 27.8 Å². The molecule has 8 nitrogen and oxygen atoms in total. The highest BCUT2D eigenvalue weighted by Crippen LogP contribution is 2.30. The average molecular weight is 433 g/mol. The minimum absolute atomic E-state index is 0.0654. The zero-order valence-corrected chi connectivity index (χ0v) is 17.0. The molecule has 1 N–H and O–H groups in total. The predicted octanol–water partition coefficient (Wildman–Crippen LogP) is 2.78. The number of halogens is 1. The monoisotopic (exact) mass is 432 g/mol. The molecule has 0 unspecified atom stereocenters. The molecule has 2 heterocycles. The van der Waals surface area contributed by atoms with Gasteiger partial charge in [0, 0.05) is 29.7 Å². The Kier molecular flexibility index (Phi) is 5.12. The average Bonchev–Trinajstić information content (AvgIpc) is 3.33. The Morgan fingerprint density at radius 1 is 1.28 bits per heavy atom. The van der Waals surface area contributed by atoms with E-state index in [1.165, 1.54) is 13.0 Å². The lowest BCUT2D eigenvalue weighted by Crippen LogP contribution is -2.26. The van der Waals surface area contributed by atoms with Crippen LogP contribution in [0.3, 0.4) is 0 Å². The van der Waals surface area contributed by atoms with Crippen LogP contribution in [0.15, 0.2) is 51.9 Å². The summed E-state index contributed by atoms with van der Waals surface area (Å²) < 4.78 is 32.9. The van der Waals surface area contributed by atoms with Gasteiger partial charge in [0.25, 0.3) is 0 Å². The van der Waals surface area contributed by atoms with Gasteiger partial charge >= 0.3 is 0 Å². The first-order chi connectivity index (χ1) is 13.8. The largest absolute Gasteiger partial charge is 0.338 e. The van der Waals surface area contributed by atoms with Crippen LogP contribution in [0.4, 0.5) is 5.69 Å². The van der Waals surface area contributed by atoms with E-state index in [0.717, 1.165) is 11.3 Å². The number of amides is 1. The first kappa shape index (κ1) is 19.6. The summed E-state index contributed by atoms with van der Waals surface area (Å²) in [5.41, 5.74) is 2.24. The van der Waals surface area contributed by atoms with Crippen LogP contribution < -0.4 is 9.62 Å². The Hall–Kier alpha value is -2.75. The summed E-state index contributed by atoms with van der Waals surface area (Å²) in [5, 5.41) is 4.39. The van der Waals surface area contributed by atoms with Gasteiger partial charge < -0.3 is 9.42 Å². The van der Waals surface area contributed by atoms with Crippen molar-refractivity contribution in [2.24, 2.45) is 0 Å². The lowest BCUT2D eigenvalue weighted by Gasteiger charge is -2.14. The van der Waals surface area contributed by atoms with Gasteiger partial charge in [0.1, 0.15) is 0 Å². The highest BCUT2D eigenvalue weighted by Gasteiger charge is 2.25. The van der Waals surface area contributed by atoms with Crippen LogP contribution in [0, 0.1) is 0 Å². The number of hydrogen-bond acceptors (Lipinski definition) is 6. The second kappa shape index (κ2) is 7.58. The molecule has 0 fully saturated rings. The number of rotatable bonds is 5. The smallest absolute Gasteiger partial charge is 0.242 e. The van der Waals surface area contributed by atoms with Crippen LogP contribution in [0.2, 0.25) is 5.02 Å². The van der Waals surface area contributed by atoms with Gasteiger partial charge in [0.2, 0.25) is 27.6 Å². The van der Waals surface area contributed by atoms with Gasteiger partial charge in [-0.3, -0.25) is 4.79 Å². The zero-order chi connectivity index (χ0) is 20.6. The number of anilines is 1. The fourth-order valence-electron chi connectivity index (χ4n) is 3.18. The van der Waals surface area contributed by atoms with Gasteiger partial charge in [-0.05, 0) is 42.3 Å². The highest BCUT2D eigenvalue weighted by molar-refractivity contribution is 7.89. The number of hydrogen-bond donors (Lipinski definition) is 1. The van der Waals surface area contributed by atoms with Gasteiger partial charge in [0.15, 0.2) is 0 Å². The molecule has 0 atom stereocenters. The van der Waals surface area contributed by atoms with Crippen molar-refractivity contribution in [3.05, 3.63) is 58.9 Å². The summed E-state index contributed by atoms with van der Waals surface area (Å²) in [7, 11) is -3.78. The molecule has 4 rings (SSSR count). The Bertz CT molecular complexity index is 1190. The SMILES string of the molecule is CC(=O)N1CCc2cc(S(=O)(=O)NCc3nc(-c4cccc(Cl)c4)no3)ccc21. The van der Waals surface area contributed by atoms with E-state index in [1.807, 2.05) is 0 Å². The van der Waals surface area contributed by atoms with E-state index in [1.54, 1.807) is 41.3 Å². The molecule has 150 valence electrons. The molecule has 1 aromatic heterocycles. The third-order valence-electron chi connectivity index (χ3n) is 4.60. The molecular formula is C19H17ClN4O4S. The van der Waals surface area contributed by atoms with Crippen LogP contribution in [-0.4, -0.2) is 31.0 Å². The van der Waals surface area contributed by atoms with E-state index in [2.05, 4.69) is 14.9 Å². The summed E-state index contributed by atoms with van der Waals surface area (Å²) >= 11 is 5.96. The van der Waals surface area contributed by atoms with Gasteiger partial charge in [-0.15, -0.1) is 0 Å². The number of carbonyl (C=O) groups excluding carboxylic acids is 1. The second-order valence-corrected chi connectivity index (χ2v) is 8.76. The van der Waals surface area contributed by atoms with Gasteiger partial charge in [-0.1, -0.05) is 28.9 Å². The molecule has 1 amide bonds. The summed E-state index contributed by atoms with van der Waals surface area (Å²) in [4.78, 5) is 17.6. The number of fused-ring (bicyclic) bond motifs is 1. The van der Waals surface area contributed by atoms with E-state index in [9.17, 15) is 13.2 Å². The van der Waals surface area contributed by atoms with Crippen molar-refractivity contribution in [2.45, 2.75) is 24.8 Å². The van der Waals surface area contributed by atoms with E-state index in [-0.39, 0.29) is 23.2 Å². The quantitative estimate of drug-likeness (QED) is 0.664. The normalized spacial score (nSPS) is 13.5. The first-order valence-corrected chi connectivity index (χ1v) is 10.7. The molecule has 1 aliphatic heterocycles. The number of nitrogens with zero attached hydrogens (tertiary/aromatic N) is 3. The lowest BCUT2D eigenvalue weighted by atomic mass is 10.2. The number of benzene rings is 2. The van der Waals surface area contributed by atoms with Crippen molar-refractivity contribution >= 4 is 33.2 Å². The van der Waals surface area contributed by atoms with E-state index in [0.29, 0.717) is 29.4 Å². The minimum Gasteiger partial charge on any atom is -0.338 e. The van der Waals surface area contributed by atoms with Gasteiger partial charge in [-0.2, -0.15) is 4.98 Å². The summed E-state index contributed by atoms with van der Waals surface area (Å²) in [6, 6.07) is 11.7. The molecule has 0 saturated heterocycles. The van der Waals surface area contributed by atoms with Crippen molar-refractivity contribution < 1.29 is 17.7 Å². The van der Waals surface area contributed by atoms with Crippen molar-refractivity contribution in [3.63, 3.8) is 0 Å². The first-order valence-electron chi connectivity index (χ1n) is 8.83. The molecule has 0 bridgehead atoms.